The largest absolute Gasteiger partial charge is 0.493 e. The van der Waals surface area contributed by atoms with Gasteiger partial charge in [-0.25, -0.2) is 9.79 Å². The molecule has 0 radical (unpaired) electrons. The van der Waals surface area contributed by atoms with Crippen molar-refractivity contribution in [2.24, 2.45) is 10.9 Å². The minimum Gasteiger partial charge on any atom is -0.493 e. The SMILES string of the molecule is CCOC(=O)C1=C(C)N=c2s/c(=C/c3ccc(OCC(C)C)cc3)c(=O)n2[C@H]1c1ccccc1. The van der Waals surface area contributed by atoms with Crippen LogP contribution in [-0.2, 0) is 9.53 Å². The van der Waals surface area contributed by atoms with Crippen LogP contribution in [-0.4, -0.2) is 23.8 Å². The second kappa shape index (κ2) is 10.2. The molecule has 3 aromatic rings. The van der Waals surface area contributed by atoms with Crippen molar-refractivity contribution in [2.75, 3.05) is 13.2 Å². The minimum atomic E-state index is -0.592. The lowest BCUT2D eigenvalue weighted by atomic mass is 9.96. The van der Waals surface area contributed by atoms with E-state index in [1.807, 2.05) is 60.7 Å². The number of rotatable bonds is 7. The fourth-order valence-corrected chi connectivity index (χ4v) is 4.86. The van der Waals surface area contributed by atoms with Gasteiger partial charge in [-0.2, -0.15) is 0 Å². The van der Waals surface area contributed by atoms with Crippen molar-refractivity contribution >= 4 is 23.4 Å². The molecule has 1 aliphatic rings. The Balaban J connectivity index is 1.79. The summed E-state index contributed by atoms with van der Waals surface area (Å²) >= 11 is 1.32. The van der Waals surface area contributed by atoms with Crippen LogP contribution in [0.3, 0.4) is 0 Å². The smallest absolute Gasteiger partial charge is 0.338 e. The van der Waals surface area contributed by atoms with E-state index in [9.17, 15) is 9.59 Å². The Bertz CT molecular complexity index is 1380. The number of benzene rings is 2. The molecule has 7 heteroatoms. The lowest BCUT2D eigenvalue weighted by Gasteiger charge is -2.24. The van der Waals surface area contributed by atoms with Crippen molar-refractivity contribution in [2.45, 2.75) is 33.7 Å². The number of carbonyl (C=O) groups excluding carboxylic acids is 1. The van der Waals surface area contributed by atoms with Gasteiger partial charge in [0.1, 0.15) is 5.75 Å². The van der Waals surface area contributed by atoms with E-state index in [2.05, 4.69) is 18.8 Å². The Morgan fingerprint density at radius 3 is 2.50 bits per heavy atom. The summed E-state index contributed by atoms with van der Waals surface area (Å²) in [5.74, 6) is 0.788. The molecule has 0 bridgehead atoms. The number of allylic oxidation sites excluding steroid dienone is 1. The maximum absolute atomic E-state index is 13.6. The highest BCUT2D eigenvalue weighted by Crippen LogP contribution is 2.30. The van der Waals surface area contributed by atoms with E-state index in [4.69, 9.17) is 9.47 Å². The molecule has 6 nitrogen and oxygen atoms in total. The standard InChI is InChI=1S/C27H28N2O4S/c1-5-32-26(31)23-18(4)28-27-29(24(23)20-9-7-6-8-10-20)25(30)22(34-27)15-19-11-13-21(14-12-19)33-16-17(2)3/h6-15,17,24H,5,16H2,1-4H3/b22-15+/t24-/m0/s1. The quantitative estimate of drug-likeness (QED) is 0.486. The summed E-state index contributed by atoms with van der Waals surface area (Å²) in [6, 6.07) is 16.6. The maximum atomic E-state index is 13.6. The van der Waals surface area contributed by atoms with Crippen LogP contribution in [0.1, 0.15) is 44.9 Å². The lowest BCUT2D eigenvalue weighted by molar-refractivity contribution is -0.139. The van der Waals surface area contributed by atoms with Gasteiger partial charge in [0.15, 0.2) is 4.80 Å². The summed E-state index contributed by atoms with van der Waals surface area (Å²) in [4.78, 5) is 31.6. The molecular weight excluding hydrogens is 448 g/mol. The Kier molecular flexibility index (Phi) is 7.12. The van der Waals surface area contributed by atoms with Gasteiger partial charge < -0.3 is 9.47 Å². The summed E-state index contributed by atoms with van der Waals surface area (Å²) in [6.45, 7) is 8.66. The number of esters is 1. The topological polar surface area (TPSA) is 69.9 Å². The fourth-order valence-electron chi connectivity index (χ4n) is 3.82. The zero-order valence-electron chi connectivity index (χ0n) is 19.8. The van der Waals surface area contributed by atoms with E-state index < -0.39 is 12.0 Å². The van der Waals surface area contributed by atoms with Gasteiger partial charge in [0.05, 0.1) is 35.1 Å². The molecule has 0 spiro atoms. The van der Waals surface area contributed by atoms with Crippen LogP contribution in [0.4, 0.5) is 0 Å². The molecule has 1 aromatic heterocycles. The molecule has 2 heterocycles. The first-order valence-electron chi connectivity index (χ1n) is 11.4. The van der Waals surface area contributed by atoms with Gasteiger partial charge in [0.25, 0.3) is 5.56 Å². The van der Waals surface area contributed by atoms with E-state index in [-0.39, 0.29) is 12.2 Å². The van der Waals surface area contributed by atoms with Crippen molar-refractivity contribution in [3.63, 3.8) is 0 Å². The number of hydrogen-bond acceptors (Lipinski definition) is 6. The third-order valence-corrected chi connectivity index (χ3v) is 6.38. The molecule has 0 aliphatic carbocycles. The van der Waals surface area contributed by atoms with Gasteiger partial charge in [0, 0.05) is 0 Å². The third kappa shape index (κ3) is 4.89. The van der Waals surface area contributed by atoms with Gasteiger partial charge in [-0.1, -0.05) is 67.6 Å². The van der Waals surface area contributed by atoms with Crippen LogP contribution < -0.4 is 19.6 Å². The summed E-state index contributed by atoms with van der Waals surface area (Å²) in [5.41, 5.74) is 2.48. The number of aromatic nitrogens is 1. The molecule has 0 unspecified atom stereocenters. The Morgan fingerprint density at radius 1 is 1.15 bits per heavy atom. The highest BCUT2D eigenvalue weighted by atomic mass is 32.1. The van der Waals surface area contributed by atoms with E-state index in [0.717, 1.165) is 16.9 Å². The molecule has 0 amide bonds. The van der Waals surface area contributed by atoms with Gasteiger partial charge in [-0.05, 0) is 49.1 Å². The first-order valence-corrected chi connectivity index (χ1v) is 12.2. The van der Waals surface area contributed by atoms with Crippen LogP contribution in [0.5, 0.6) is 5.75 Å². The monoisotopic (exact) mass is 476 g/mol. The van der Waals surface area contributed by atoms with Gasteiger partial charge in [0.2, 0.25) is 0 Å². The highest BCUT2D eigenvalue weighted by Gasteiger charge is 2.33. The second-order valence-electron chi connectivity index (χ2n) is 8.49. The van der Waals surface area contributed by atoms with E-state index >= 15 is 0 Å². The fraction of sp³-hybridized carbons (Fsp3) is 0.296. The van der Waals surface area contributed by atoms with Crippen LogP contribution in [0, 0.1) is 5.92 Å². The Morgan fingerprint density at radius 2 is 1.85 bits per heavy atom. The maximum Gasteiger partial charge on any atom is 0.338 e. The average molecular weight is 477 g/mol. The number of fused-ring (bicyclic) bond motifs is 1. The Labute approximate surface area is 202 Å². The van der Waals surface area contributed by atoms with Crippen molar-refractivity contribution in [1.82, 2.24) is 4.57 Å². The number of hydrogen-bond donors (Lipinski definition) is 0. The first kappa shape index (κ1) is 23.7. The predicted molar refractivity (Wildman–Crippen MR) is 134 cm³/mol. The van der Waals surface area contributed by atoms with Crippen LogP contribution >= 0.6 is 11.3 Å². The lowest BCUT2D eigenvalue weighted by Crippen LogP contribution is -2.39. The molecule has 0 saturated heterocycles. The highest BCUT2D eigenvalue weighted by molar-refractivity contribution is 7.07. The molecular formula is C27H28N2O4S. The second-order valence-corrected chi connectivity index (χ2v) is 9.50. The summed E-state index contributed by atoms with van der Waals surface area (Å²) in [6.07, 6.45) is 1.85. The van der Waals surface area contributed by atoms with E-state index in [1.165, 1.54) is 11.3 Å². The van der Waals surface area contributed by atoms with E-state index in [0.29, 0.717) is 33.1 Å². The molecule has 4 rings (SSSR count). The number of thiazole rings is 1. The van der Waals surface area contributed by atoms with Gasteiger partial charge in [-0.15, -0.1) is 0 Å². The third-order valence-electron chi connectivity index (χ3n) is 5.39. The normalized spacial score (nSPS) is 15.8. The predicted octanol–water partition coefficient (Wildman–Crippen LogP) is 3.83. The zero-order valence-corrected chi connectivity index (χ0v) is 20.6. The molecule has 2 aromatic carbocycles. The van der Waals surface area contributed by atoms with E-state index in [1.54, 1.807) is 18.4 Å². The molecule has 0 N–H and O–H groups in total. The number of ether oxygens (including phenoxy) is 2. The van der Waals surface area contributed by atoms with Crippen molar-refractivity contribution < 1.29 is 14.3 Å². The number of nitrogens with zero attached hydrogens (tertiary/aromatic N) is 2. The van der Waals surface area contributed by atoms with Gasteiger partial charge in [-0.3, -0.25) is 9.36 Å². The molecule has 0 fully saturated rings. The van der Waals surface area contributed by atoms with Crippen molar-refractivity contribution in [3.8, 4) is 5.75 Å². The first-order chi connectivity index (χ1) is 16.4. The van der Waals surface area contributed by atoms with Crippen LogP contribution in [0.25, 0.3) is 6.08 Å². The van der Waals surface area contributed by atoms with Crippen LogP contribution in [0.15, 0.2) is 75.7 Å². The molecule has 176 valence electrons. The van der Waals surface area contributed by atoms with Gasteiger partial charge >= 0.3 is 5.97 Å². The number of carbonyl (C=O) groups is 1. The van der Waals surface area contributed by atoms with Crippen LogP contribution in [0.2, 0.25) is 0 Å². The molecule has 0 saturated carbocycles. The minimum absolute atomic E-state index is 0.188. The molecule has 34 heavy (non-hydrogen) atoms. The summed E-state index contributed by atoms with van der Waals surface area (Å²) in [7, 11) is 0. The zero-order chi connectivity index (χ0) is 24.2. The summed E-state index contributed by atoms with van der Waals surface area (Å²) < 4.78 is 13.2. The molecule has 1 aliphatic heterocycles. The molecule has 1 atom stereocenters. The summed E-state index contributed by atoms with van der Waals surface area (Å²) in [5, 5.41) is 0. The average Bonchev–Trinajstić information content (AvgIpc) is 3.12. The van der Waals surface area contributed by atoms with Crippen molar-refractivity contribution in [1.29, 1.82) is 0 Å². The Hall–Kier alpha value is -3.45. The van der Waals surface area contributed by atoms with Crippen molar-refractivity contribution in [3.05, 3.63) is 96.7 Å².